The van der Waals surface area contributed by atoms with E-state index in [1.807, 2.05) is 31.2 Å². The first kappa shape index (κ1) is 17.2. The molecule has 1 fully saturated rings. The standard InChI is InChI=1S/C18H20ClN5O2/c1-12-21-17(24-25-12)18(8-3-2-4-9-18)20-11-15-22-16(23-26-15)13-6-5-7-14(19)10-13/h5-7,10,20H,2-4,8-9,11H2,1H3. The van der Waals surface area contributed by atoms with Crippen LogP contribution in [-0.4, -0.2) is 20.3 Å². The van der Waals surface area contributed by atoms with Crippen molar-refractivity contribution < 1.29 is 9.05 Å². The SMILES string of the molecule is Cc1nc(C2(NCc3nc(-c4cccc(Cl)c4)no3)CCCCC2)no1. The van der Waals surface area contributed by atoms with E-state index in [-0.39, 0.29) is 5.54 Å². The van der Waals surface area contributed by atoms with Gasteiger partial charge < -0.3 is 9.05 Å². The second-order valence-electron chi connectivity index (χ2n) is 6.66. The zero-order valence-corrected chi connectivity index (χ0v) is 15.3. The van der Waals surface area contributed by atoms with Gasteiger partial charge in [0.25, 0.3) is 0 Å². The largest absolute Gasteiger partial charge is 0.340 e. The lowest BCUT2D eigenvalue weighted by atomic mass is 9.81. The molecular weight excluding hydrogens is 354 g/mol. The fourth-order valence-corrected chi connectivity index (χ4v) is 3.63. The fourth-order valence-electron chi connectivity index (χ4n) is 3.44. The molecule has 2 heterocycles. The molecule has 26 heavy (non-hydrogen) atoms. The van der Waals surface area contributed by atoms with E-state index >= 15 is 0 Å². The Hall–Kier alpha value is -2.25. The normalized spacial score (nSPS) is 16.7. The van der Waals surface area contributed by atoms with Crippen LogP contribution in [0.25, 0.3) is 11.4 Å². The highest BCUT2D eigenvalue weighted by Crippen LogP contribution is 2.36. The number of halogens is 1. The van der Waals surface area contributed by atoms with Gasteiger partial charge in [0, 0.05) is 17.5 Å². The first-order chi connectivity index (χ1) is 12.6. The zero-order valence-electron chi connectivity index (χ0n) is 14.5. The molecule has 1 aliphatic rings. The third-order valence-electron chi connectivity index (χ3n) is 4.79. The number of rotatable bonds is 5. The van der Waals surface area contributed by atoms with Crippen molar-refractivity contribution in [3.8, 4) is 11.4 Å². The van der Waals surface area contributed by atoms with E-state index in [9.17, 15) is 0 Å². The van der Waals surface area contributed by atoms with Crippen molar-refractivity contribution in [1.29, 1.82) is 0 Å². The van der Waals surface area contributed by atoms with Gasteiger partial charge in [-0.2, -0.15) is 9.97 Å². The molecule has 1 aliphatic carbocycles. The van der Waals surface area contributed by atoms with Crippen LogP contribution < -0.4 is 5.32 Å². The molecule has 0 atom stereocenters. The van der Waals surface area contributed by atoms with Crippen LogP contribution in [0.15, 0.2) is 33.3 Å². The van der Waals surface area contributed by atoms with E-state index < -0.39 is 0 Å². The van der Waals surface area contributed by atoms with Crippen LogP contribution in [0.5, 0.6) is 0 Å². The topological polar surface area (TPSA) is 89.9 Å². The minimum atomic E-state index is -0.305. The lowest BCUT2D eigenvalue weighted by Gasteiger charge is -2.35. The maximum absolute atomic E-state index is 6.03. The number of nitrogens with one attached hydrogen (secondary N) is 1. The quantitative estimate of drug-likeness (QED) is 0.721. The molecule has 0 spiro atoms. The monoisotopic (exact) mass is 373 g/mol. The molecule has 4 rings (SSSR count). The Morgan fingerprint density at radius 2 is 1.96 bits per heavy atom. The fraction of sp³-hybridized carbons (Fsp3) is 0.444. The second kappa shape index (κ2) is 7.17. The molecule has 136 valence electrons. The van der Waals surface area contributed by atoms with Gasteiger partial charge in [-0.05, 0) is 25.0 Å². The summed E-state index contributed by atoms with van der Waals surface area (Å²) in [6, 6.07) is 7.39. The van der Waals surface area contributed by atoms with E-state index in [0.717, 1.165) is 31.2 Å². The predicted octanol–water partition coefficient (Wildman–Crippen LogP) is 4.03. The van der Waals surface area contributed by atoms with Crippen LogP contribution >= 0.6 is 11.6 Å². The van der Waals surface area contributed by atoms with Crippen molar-refractivity contribution in [2.75, 3.05) is 0 Å². The minimum absolute atomic E-state index is 0.305. The molecule has 7 nitrogen and oxygen atoms in total. The van der Waals surface area contributed by atoms with E-state index in [1.165, 1.54) is 6.42 Å². The van der Waals surface area contributed by atoms with Gasteiger partial charge >= 0.3 is 0 Å². The van der Waals surface area contributed by atoms with Gasteiger partial charge in [-0.1, -0.05) is 53.3 Å². The van der Waals surface area contributed by atoms with Crippen LogP contribution in [0.3, 0.4) is 0 Å². The number of benzene rings is 1. The van der Waals surface area contributed by atoms with E-state index in [4.69, 9.17) is 20.6 Å². The molecule has 0 aliphatic heterocycles. The highest BCUT2D eigenvalue weighted by Gasteiger charge is 2.38. The van der Waals surface area contributed by atoms with Crippen molar-refractivity contribution in [2.24, 2.45) is 0 Å². The average Bonchev–Trinajstić information content (AvgIpc) is 3.30. The molecule has 1 N–H and O–H groups in total. The molecule has 0 saturated heterocycles. The summed E-state index contributed by atoms with van der Waals surface area (Å²) in [6.45, 7) is 2.25. The summed E-state index contributed by atoms with van der Waals surface area (Å²) in [5.74, 6) is 2.33. The van der Waals surface area contributed by atoms with Crippen molar-refractivity contribution >= 4 is 11.6 Å². The summed E-state index contributed by atoms with van der Waals surface area (Å²) in [4.78, 5) is 8.93. The number of aromatic nitrogens is 4. The molecule has 0 amide bonds. The van der Waals surface area contributed by atoms with Crippen molar-refractivity contribution in [3.05, 3.63) is 46.9 Å². The van der Waals surface area contributed by atoms with Gasteiger partial charge in [0.15, 0.2) is 5.82 Å². The van der Waals surface area contributed by atoms with Crippen molar-refractivity contribution in [3.63, 3.8) is 0 Å². The number of aryl methyl sites for hydroxylation is 1. The number of hydrogen-bond acceptors (Lipinski definition) is 7. The van der Waals surface area contributed by atoms with Crippen LogP contribution in [0.2, 0.25) is 5.02 Å². The molecule has 0 bridgehead atoms. The third-order valence-corrected chi connectivity index (χ3v) is 5.03. The molecule has 0 unspecified atom stereocenters. The molecule has 2 aromatic heterocycles. The van der Waals surface area contributed by atoms with Crippen LogP contribution in [0.1, 0.15) is 49.7 Å². The maximum Gasteiger partial charge on any atom is 0.240 e. The van der Waals surface area contributed by atoms with Crippen LogP contribution in [-0.2, 0) is 12.1 Å². The van der Waals surface area contributed by atoms with Crippen molar-refractivity contribution in [2.45, 2.75) is 51.1 Å². The van der Waals surface area contributed by atoms with E-state index in [1.54, 1.807) is 0 Å². The molecule has 8 heteroatoms. The third kappa shape index (κ3) is 3.50. The summed E-state index contributed by atoms with van der Waals surface area (Å²) < 4.78 is 10.6. The molecule has 3 aromatic rings. The lowest BCUT2D eigenvalue weighted by molar-refractivity contribution is 0.201. The first-order valence-corrected chi connectivity index (χ1v) is 9.17. The van der Waals surface area contributed by atoms with Gasteiger partial charge in [0.1, 0.15) is 0 Å². The molecule has 1 aromatic carbocycles. The van der Waals surface area contributed by atoms with Gasteiger partial charge in [-0.25, -0.2) is 0 Å². The highest BCUT2D eigenvalue weighted by atomic mass is 35.5. The van der Waals surface area contributed by atoms with E-state index in [0.29, 0.717) is 35.0 Å². The number of hydrogen-bond donors (Lipinski definition) is 1. The first-order valence-electron chi connectivity index (χ1n) is 8.79. The summed E-state index contributed by atoms with van der Waals surface area (Å²) in [5, 5.41) is 12.4. The highest BCUT2D eigenvalue weighted by molar-refractivity contribution is 6.30. The molecule has 1 saturated carbocycles. The Morgan fingerprint density at radius 3 is 2.69 bits per heavy atom. The Bertz CT molecular complexity index is 885. The predicted molar refractivity (Wildman–Crippen MR) is 95.4 cm³/mol. The Kier molecular flexibility index (Phi) is 4.74. The second-order valence-corrected chi connectivity index (χ2v) is 7.09. The Labute approximate surface area is 156 Å². The van der Waals surface area contributed by atoms with Gasteiger partial charge in [-0.15, -0.1) is 0 Å². The Morgan fingerprint density at radius 1 is 1.12 bits per heavy atom. The van der Waals surface area contributed by atoms with Gasteiger partial charge in [0.2, 0.25) is 17.6 Å². The van der Waals surface area contributed by atoms with E-state index in [2.05, 4.69) is 25.6 Å². The van der Waals surface area contributed by atoms with Gasteiger partial charge in [-0.3, -0.25) is 5.32 Å². The summed E-state index contributed by atoms with van der Waals surface area (Å²) >= 11 is 6.03. The summed E-state index contributed by atoms with van der Waals surface area (Å²) in [6.07, 6.45) is 5.39. The number of nitrogens with zero attached hydrogens (tertiary/aromatic N) is 4. The summed E-state index contributed by atoms with van der Waals surface area (Å²) in [5.41, 5.74) is 0.523. The van der Waals surface area contributed by atoms with Crippen LogP contribution in [0.4, 0.5) is 0 Å². The minimum Gasteiger partial charge on any atom is -0.340 e. The lowest BCUT2D eigenvalue weighted by Crippen LogP contribution is -2.44. The summed E-state index contributed by atoms with van der Waals surface area (Å²) in [7, 11) is 0. The van der Waals surface area contributed by atoms with Gasteiger partial charge in [0.05, 0.1) is 12.1 Å². The smallest absolute Gasteiger partial charge is 0.240 e. The van der Waals surface area contributed by atoms with Crippen LogP contribution in [0, 0.1) is 6.92 Å². The Balaban J connectivity index is 1.51. The van der Waals surface area contributed by atoms with Crippen molar-refractivity contribution in [1.82, 2.24) is 25.6 Å². The molecular formula is C18H20ClN5O2. The average molecular weight is 374 g/mol. The maximum atomic E-state index is 6.03. The molecule has 0 radical (unpaired) electrons. The zero-order chi connectivity index (χ0) is 18.0.